The molecule has 1 rings (SSSR count). The van der Waals surface area contributed by atoms with Gasteiger partial charge in [0.05, 0.1) is 0 Å². The Morgan fingerprint density at radius 2 is 1.88 bits per heavy atom. The fourth-order valence-electron chi connectivity index (χ4n) is 0.544. The van der Waals surface area contributed by atoms with Crippen LogP contribution in [0, 0.1) is 0 Å². The maximum absolute atomic E-state index is 2.12. The maximum atomic E-state index is 2.12. The van der Waals surface area contributed by atoms with Gasteiger partial charge in [-0.2, -0.15) is 0 Å². The van der Waals surface area contributed by atoms with Crippen molar-refractivity contribution >= 4 is 4.02 Å². The van der Waals surface area contributed by atoms with Crippen LogP contribution in [-0.4, -0.2) is 8.59 Å². The molecule has 0 aliphatic heterocycles. The summed E-state index contributed by atoms with van der Waals surface area (Å²) in [7, 11) is 0. The van der Waals surface area contributed by atoms with Crippen LogP contribution >= 0.6 is 0 Å². The predicted octanol–water partition coefficient (Wildman–Crippen LogP) is 1.03. The van der Waals surface area contributed by atoms with E-state index >= 15 is 0 Å². The zero-order valence-electron chi connectivity index (χ0n) is 4.66. The third kappa shape index (κ3) is 1.16. The van der Waals surface area contributed by atoms with Crippen molar-refractivity contribution in [2.45, 2.75) is 6.92 Å². The Morgan fingerprint density at radius 3 is 2.12 bits per heavy atom. The fourth-order valence-corrected chi connectivity index (χ4v) is 0.982. The van der Waals surface area contributed by atoms with Gasteiger partial charge in [-0.1, -0.05) is 0 Å². The number of nitrogens with zero attached hydrogens (tertiary/aromatic N) is 1. The summed E-state index contributed by atoms with van der Waals surface area (Å²) in [6, 6.07) is 4.07. The Balaban J connectivity index is 2.93. The SMILES string of the molecule is C[C](=[W])n1cccc1. The molecule has 0 saturated heterocycles. The molecule has 0 radical (unpaired) electrons. The Hall–Kier alpha value is -0.162. The average molecular weight is 277 g/mol. The quantitative estimate of drug-likeness (QED) is 0.722. The minimum atomic E-state index is 1.38. The molecule has 2 heteroatoms. The molecule has 0 atom stereocenters. The van der Waals surface area contributed by atoms with Crippen LogP contribution < -0.4 is 0 Å². The van der Waals surface area contributed by atoms with Crippen molar-refractivity contribution in [3.05, 3.63) is 24.5 Å². The molecule has 1 heterocycles. The molecule has 0 bridgehead atoms. The van der Waals surface area contributed by atoms with Crippen LogP contribution in [-0.2, 0) is 19.4 Å². The second-order valence-electron chi connectivity index (χ2n) is 1.61. The Kier molecular flexibility index (Phi) is 1.80. The van der Waals surface area contributed by atoms with Crippen molar-refractivity contribution in [3.63, 3.8) is 0 Å². The molecule has 1 aromatic rings. The Morgan fingerprint density at radius 1 is 1.38 bits per heavy atom. The molecule has 42 valence electrons. The van der Waals surface area contributed by atoms with Crippen LogP contribution in [0.2, 0.25) is 0 Å². The van der Waals surface area contributed by atoms with Crippen LogP contribution in [0.15, 0.2) is 24.5 Å². The second kappa shape index (κ2) is 2.41. The molecule has 8 heavy (non-hydrogen) atoms. The van der Waals surface area contributed by atoms with Gasteiger partial charge in [0.1, 0.15) is 0 Å². The van der Waals surface area contributed by atoms with Gasteiger partial charge in [-0.3, -0.25) is 0 Å². The molecule has 0 spiro atoms. The van der Waals surface area contributed by atoms with Crippen molar-refractivity contribution in [3.8, 4) is 0 Å². The van der Waals surface area contributed by atoms with E-state index < -0.39 is 0 Å². The van der Waals surface area contributed by atoms with E-state index in [1.54, 1.807) is 0 Å². The van der Waals surface area contributed by atoms with Crippen molar-refractivity contribution in [2.24, 2.45) is 0 Å². The minimum absolute atomic E-state index is 1.38. The topological polar surface area (TPSA) is 4.93 Å². The molecular weight excluding hydrogens is 270 g/mol. The molecule has 0 N–H and O–H groups in total. The van der Waals surface area contributed by atoms with E-state index in [0.717, 1.165) is 0 Å². The fraction of sp³-hybridized carbons (Fsp3) is 0.167. The molecule has 0 aliphatic rings. The first-order valence-electron chi connectivity index (χ1n) is 2.44. The number of hydrogen-bond acceptors (Lipinski definition) is 0. The Labute approximate surface area is 59.7 Å². The standard InChI is InChI=1S/C6H7N.W/c1-2-7-5-3-4-6-7;/h3-6H,1H3;. The van der Waals surface area contributed by atoms with E-state index in [1.165, 1.54) is 23.4 Å². The molecule has 0 fully saturated rings. The molecular formula is C6H7NW. The van der Waals surface area contributed by atoms with Crippen molar-refractivity contribution in [1.29, 1.82) is 0 Å². The van der Waals surface area contributed by atoms with Gasteiger partial charge in [0.25, 0.3) is 0 Å². The molecule has 0 aliphatic carbocycles. The summed E-state index contributed by atoms with van der Waals surface area (Å²) >= 11 is 1.52. The van der Waals surface area contributed by atoms with Crippen LogP contribution in [0.1, 0.15) is 6.92 Å². The summed E-state index contributed by atoms with van der Waals surface area (Å²) in [5.41, 5.74) is 0. The average Bonchev–Trinajstić information content (AvgIpc) is 2.12. The van der Waals surface area contributed by atoms with Crippen molar-refractivity contribution < 1.29 is 19.4 Å². The summed E-state index contributed by atoms with van der Waals surface area (Å²) in [6.07, 6.45) is 4.12. The van der Waals surface area contributed by atoms with Gasteiger partial charge in [0, 0.05) is 0 Å². The molecule has 1 aromatic heterocycles. The van der Waals surface area contributed by atoms with E-state index in [9.17, 15) is 0 Å². The van der Waals surface area contributed by atoms with Crippen molar-refractivity contribution in [1.82, 2.24) is 4.57 Å². The van der Waals surface area contributed by atoms with Gasteiger partial charge >= 0.3 is 59.4 Å². The van der Waals surface area contributed by atoms with Gasteiger partial charge in [0.15, 0.2) is 0 Å². The number of aromatic nitrogens is 1. The zero-order valence-corrected chi connectivity index (χ0v) is 7.60. The molecule has 0 aromatic carbocycles. The Bertz CT molecular complexity index is 176. The molecule has 0 saturated carbocycles. The monoisotopic (exact) mass is 277 g/mol. The van der Waals surface area contributed by atoms with Gasteiger partial charge in [-0.15, -0.1) is 0 Å². The molecule has 1 nitrogen and oxygen atoms in total. The first-order valence-corrected chi connectivity index (χ1v) is 3.91. The van der Waals surface area contributed by atoms with Crippen LogP contribution in [0.3, 0.4) is 0 Å². The van der Waals surface area contributed by atoms with Crippen LogP contribution in [0.25, 0.3) is 0 Å². The second-order valence-corrected chi connectivity index (χ2v) is 3.73. The van der Waals surface area contributed by atoms with E-state index in [4.69, 9.17) is 0 Å². The van der Waals surface area contributed by atoms with Crippen molar-refractivity contribution in [2.75, 3.05) is 0 Å². The first kappa shape index (κ1) is 5.97. The molecule has 0 unspecified atom stereocenters. The summed E-state index contributed by atoms with van der Waals surface area (Å²) in [4.78, 5) is 0. The predicted molar refractivity (Wildman–Crippen MR) is 30.5 cm³/mol. The van der Waals surface area contributed by atoms with E-state index in [0.29, 0.717) is 0 Å². The van der Waals surface area contributed by atoms with E-state index in [2.05, 4.69) is 23.9 Å². The van der Waals surface area contributed by atoms with E-state index in [-0.39, 0.29) is 0 Å². The zero-order chi connectivity index (χ0) is 5.98. The number of hydrogen-bond donors (Lipinski definition) is 0. The van der Waals surface area contributed by atoms with Crippen LogP contribution in [0.5, 0.6) is 0 Å². The first-order chi connectivity index (χ1) is 3.80. The molecule has 0 amide bonds. The summed E-state index contributed by atoms with van der Waals surface area (Å²) < 4.78 is 3.50. The third-order valence-electron chi connectivity index (χ3n) is 0.968. The van der Waals surface area contributed by atoms with E-state index in [1.807, 2.05) is 12.1 Å². The third-order valence-corrected chi connectivity index (χ3v) is 1.73. The summed E-state index contributed by atoms with van der Waals surface area (Å²) in [5.74, 6) is 0. The summed E-state index contributed by atoms with van der Waals surface area (Å²) in [5, 5.41) is 0. The van der Waals surface area contributed by atoms with Gasteiger partial charge < -0.3 is 0 Å². The van der Waals surface area contributed by atoms with Gasteiger partial charge in [0.2, 0.25) is 0 Å². The van der Waals surface area contributed by atoms with Gasteiger partial charge in [-0.05, 0) is 0 Å². The van der Waals surface area contributed by atoms with Crippen LogP contribution in [0.4, 0.5) is 0 Å². The normalized spacial score (nSPS) is 9.12. The summed E-state index contributed by atoms with van der Waals surface area (Å²) in [6.45, 7) is 2.12. The van der Waals surface area contributed by atoms with Gasteiger partial charge in [-0.25, -0.2) is 0 Å². The number of rotatable bonds is 1.